The molecule has 7 heteroatoms. The summed E-state index contributed by atoms with van der Waals surface area (Å²) in [5, 5.41) is 3.61. The number of rotatable bonds is 4. The minimum absolute atomic E-state index is 0.252. The summed E-state index contributed by atoms with van der Waals surface area (Å²) in [4.78, 5) is 30.3. The minimum atomic E-state index is -0.443. The third kappa shape index (κ3) is 3.61. The van der Waals surface area contributed by atoms with Gasteiger partial charge in [-0.05, 0) is 38.1 Å². The highest BCUT2D eigenvalue weighted by atomic mass is 16.1. The number of terminal acetylenes is 1. The molecule has 0 saturated carbocycles. The molecule has 2 aromatic heterocycles. The van der Waals surface area contributed by atoms with Gasteiger partial charge in [0, 0.05) is 11.8 Å². The molecule has 0 spiro atoms. The Kier molecular flexibility index (Phi) is 5.17. The van der Waals surface area contributed by atoms with Crippen LogP contribution in [-0.2, 0) is 0 Å². The molecule has 0 bridgehead atoms. The maximum Gasteiger partial charge on any atom is 0.267 e. The molecule has 7 nitrogen and oxygen atoms in total. The van der Waals surface area contributed by atoms with Crippen molar-refractivity contribution >= 4 is 22.4 Å². The lowest BCUT2D eigenvalue weighted by atomic mass is 10.1. The third-order valence-electron chi connectivity index (χ3n) is 4.84. The molecule has 0 unspecified atom stereocenters. The Hall–Kier alpha value is -4.49. The lowest BCUT2D eigenvalue weighted by Gasteiger charge is -2.21. The van der Waals surface area contributed by atoms with E-state index in [9.17, 15) is 4.79 Å². The number of fused-ring (bicyclic) bond motifs is 1. The van der Waals surface area contributed by atoms with Crippen molar-refractivity contribution in [1.29, 1.82) is 0 Å². The van der Waals surface area contributed by atoms with Crippen LogP contribution in [0.1, 0.15) is 30.2 Å². The maximum atomic E-state index is 13.6. The van der Waals surface area contributed by atoms with Crippen molar-refractivity contribution in [3.63, 3.8) is 0 Å². The molecular weight excluding hydrogens is 388 g/mol. The second kappa shape index (κ2) is 8.10. The number of para-hydroxylation sites is 1. The Morgan fingerprint density at radius 3 is 2.65 bits per heavy atom. The zero-order chi connectivity index (χ0) is 22.0. The number of hydrogen-bond donors (Lipinski definition) is 1. The van der Waals surface area contributed by atoms with E-state index in [1.54, 1.807) is 29.7 Å². The molecule has 0 aliphatic rings. The number of nitrogens with zero attached hydrogens (tertiary/aromatic N) is 5. The molecule has 2 aromatic carbocycles. The molecule has 0 aliphatic heterocycles. The molecule has 1 N–H and O–H groups in total. The van der Waals surface area contributed by atoms with Gasteiger partial charge in [0.2, 0.25) is 5.69 Å². The number of benzene rings is 2. The summed E-state index contributed by atoms with van der Waals surface area (Å²) in [7, 11) is 0. The lowest BCUT2D eigenvalue weighted by Crippen LogP contribution is -2.28. The summed E-state index contributed by atoms with van der Waals surface area (Å²) >= 11 is 0. The van der Waals surface area contributed by atoms with Crippen LogP contribution in [0.15, 0.2) is 59.5 Å². The average Bonchev–Trinajstić information content (AvgIpc) is 2.79. The highest BCUT2D eigenvalue weighted by Gasteiger charge is 2.20. The zero-order valence-corrected chi connectivity index (χ0v) is 17.0. The number of nitrogens with one attached hydrogen (secondary N) is 1. The quantitative estimate of drug-likeness (QED) is 0.406. The Morgan fingerprint density at radius 1 is 1.16 bits per heavy atom. The van der Waals surface area contributed by atoms with Gasteiger partial charge in [0.1, 0.15) is 17.5 Å². The Morgan fingerprint density at radius 2 is 1.94 bits per heavy atom. The standard InChI is InChI=1S/C24H18N6O/c1-5-17-10-9-13-19-21(17)24(31)30(18-11-7-6-8-12-18)23(29-19)15(2)27-22-20(25-4)14-26-16(3)28-22/h1,6-15H,2-3H3,(H,26,27,28)/t15-/m0/s1. The molecule has 0 aliphatic carbocycles. The van der Waals surface area contributed by atoms with Crippen molar-refractivity contribution in [2.75, 3.05) is 5.32 Å². The van der Waals surface area contributed by atoms with Crippen LogP contribution < -0.4 is 10.9 Å². The van der Waals surface area contributed by atoms with Gasteiger partial charge in [-0.15, -0.1) is 6.42 Å². The van der Waals surface area contributed by atoms with Gasteiger partial charge in [-0.1, -0.05) is 30.2 Å². The van der Waals surface area contributed by atoms with E-state index in [-0.39, 0.29) is 5.56 Å². The van der Waals surface area contributed by atoms with Gasteiger partial charge in [0.15, 0.2) is 0 Å². The van der Waals surface area contributed by atoms with E-state index in [0.29, 0.717) is 45.3 Å². The van der Waals surface area contributed by atoms with Gasteiger partial charge in [-0.3, -0.25) is 14.3 Å². The minimum Gasteiger partial charge on any atom is -0.369 e. The van der Waals surface area contributed by atoms with Gasteiger partial charge in [-0.2, -0.15) is 0 Å². The van der Waals surface area contributed by atoms with Crippen molar-refractivity contribution in [1.82, 2.24) is 19.5 Å². The Labute approximate surface area is 179 Å². The Bertz CT molecular complexity index is 1430. The molecule has 0 radical (unpaired) electrons. The summed E-state index contributed by atoms with van der Waals surface area (Å²) < 4.78 is 1.55. The lowest BCUT2D eigenvalue weighted by molar-refractivity contribution is 0.730. The first-order chi connectivity index (χ1) is 15.0. The Balaban J connectivity index is 1.96. The van der Waals surface area contributed by atoms with Crippen molar-refractivity contribution in [3.05, 3.63) is 93.7 Å². The highest BCUT2D eigenvalue weighted by Crippen LogP contribution is 2.27. The molecule has 2 heterocycles. The molecule has 4 aromatic rings. The fraction of sp³-hybridized carbons (Fsp3) is 0.125. The molecule has 0 saturated heterocycles. The predicted molar refractivity (Wildman–Crippen MR) is 120 cm³/mol. The molecule has 0 amide bonds. The summed E-state index contributed by atoms with van der Waals surface area (Å²) in [5.41, 5.74) is 1.72. The molecule has 1 atom stereocenters. The van der Waals surface area contributed by atoms with Crippen molar-refractivity contribution < 1.29 is 0 Å². The molecular formula is C24H18N6O. The van der Waals surface area contributed by atoms with E-state index in [1.807, 2.05) is 37.3 Å². The molecule has 31 heavy (non-hydrogen) atoms. The second-order valence-electron chi connectivity index (χ2n) is 6.92. The van der Waals surface area contributed by atoms with Crippen LogP contribution in [0.2, 0.25) is 0 Å². The number of hydrogen-bond acceptors (Lipinski definition) is 5. The maximum absolute atomic E-state index is 13.6. The predicted octanol–water partition coefficient (Wildman–Crippen LogP) is 4.19. The van der Waals surface area contributed by atoms with E-state index >= 15 is 0 Å². The van der Waals surface area contributed by atoms with Crippen LogP contribution in [0, 0.1) is 25.8 Å². The summed E-state index contributed by atoms with van der Waals surface area (Å²) in [6, 6.07) is 14.1. The van der Waals surface area contributed by atoms with Crippen LogP contribution >= 0.6 is 0 Å². The van der Waals surface area contributed by atoms with Crippen LogP contribution in [0.5, 0.6) is 0 Å². The van der Waals surface area contributed by atoms with Crippen LogP contribution in [-0.4, -0.2) is 19.5 Å². The largest absolute Gasteiger partial charge is 0.369 e. The first kappa shape index (κ1) is 19.8. The number of anilines is 1. The number of aryl methyl sites for hydroxylation is 1. The topological polar surface area (TPSA) is 77.1 Å². The zero-order valence-electron chi connectivity index (χ0n) is 17.0. The van der Waals surface area contributed by atoms with Gasteiger partial charge >= 0.3 is 0 Å². The van der Waals surface area contributed by atoms with Gasteiger partial charge in [0.25, 0.3) is 5.56 Å². The summed E-state index contributed by atoms with van der Waals surface area (Å²) in [6.45, 7) is 11.0. The third-order valence-corrected chi connectivity index (χ3v) is 4.84. The summed E-state index contributed by atoms with van der Waals surface area (Å²) in [5.74, 6) is 3.98. The van der Waals surface area contributed by atoms with E-state index in [2.05, 4.69) is 26.1 Å². The van der Waals surface area contributed by atoms with E-state index in [0.717, 1.165) is 0 Å². The van der Waals surface area contributed by atoms with E-state index in [1.165, 1.54) is 6.20 Å². The van der Waals surface area contributed by atoms with Crippen LogP contribution in [0.25, 0.3) is 21.4 Å². The summed E-state index contributed by atoms with van der Waals surface area (Å²) in [6.07, 6.45) is 7.11. The van der Waals surface area contributed by atoms with E-state index in [4.69, 9.17) is 18.0 Å². The van der Waals surface area contributed by atoms with Crippen LogP contribution in [0.3, 0.4) is 0 Å². The first-order valence-electron chi connectivity index (χ1n) is 9.59. The normalized spacial score (nSPS) is 11.5. The molecule has 0 fully saturated rings. The van der Waals surface area contributed by atoms with Gasteiger partial charge < -0.3 is 5.32 Å². The highest BCUT2D eigenvalue weighted by molar-refractivity contribution is 5.84. The molecule has 4 rings (SSSR count). The fourth-order valence-electron chi connectivity index (χ4n) is 3.41. The first-order valence-corrected chi connectivity index (χ1v) is 9.59. The number of aromatic nitrogens is 4. The second-order valence-corrected chi connectivity index (χ2v) is 6.92. The molecule has 150 valence electrons. The van der Waals surface area contributed by atoms with Gasteiger partial charge in [-0.25, -0.2) is 14.8 Å². The van der Waals surface area contributed by atoms with Crippen molar-refractivity contribution in [3.8, 4) is 18.0 Å². The van der Waals surface area contributed by atoms with Crippen molar-refractivity contribution in [2.24, 2.45) is 0 Å². The SMILES string of the molecule is [C-]#[N+]c1cnc(C)nc1N[C@@H](C)c1nc2cccc(C#C)c2c(=O)n1-c1ccccc1. The smallest absolute Gasteiger partial charge is 0.267 e. The fourth-order valence-corrected chi connectivity index (χ4v) is 3.41. The van der Waals surface area contributed by atoms with Gasteiger partial charge in [0.05, 0.1) is 29.2 Å². The van der Waals surface area contributed by atoms with Crippen molar-refractivity contribution in [2.45, 2.75) is 19.9 Å². The van der Waals surface area contributed by atoms with E-state index < -0.39 is 6.04 Å². The average molecular weight is 406 g/mol. The van der Waals surface area contributed by atoms with Crippen LogP contribution in [0.4, 0.5) is 11.5 Å². The monoisotopic (exact) mass is 406 g/mol.